The summed E-state index contributed by atoms with van der Waals surface area (Å²) in [6.07, 6.45) is 13.7. The Labute approximate surface area is 327 Å². The molecule has 0 spiro atoms. The molecule has 6 rings (SSSR count). The van der Waals surface area contributed by atoms with Gasteiger partial charge >= 0.3 is 0 Å². The molecule has 6 aromatic rings. The second-order valence-corrected chi connectivity index (χ2v) is 13.8. The predicted molar refractivity (Wildman–Crippen MR) is 232 cm³/mol. The number of hydrogen-bond donors (Lipinski definition) is 0. The molecular formula is C50H55BrF2. The van der Waals surface area contributed by atoms with Crippen LogP contribution in [0.15, 0.2) is 109 Å². The van der Waals surface area contributed by atoms with Gasteiger partial charge in [-0.15, -0.1) is 22.9 Å². The molecule has 0 heterocycles. The fraction of sp³-hybridized carbons (Fsp3) is 0.320. The summed E-state index contributed by atoms with van der Waals surface area (Å²) >= 11 is 0. The summed E-state index contributed by atoms with van der Waals surface area (Å²) in [5.74, 6) is 6.51. The highest BCUT2D eigenvalue weighted by Gasteiger charge is 2.23. The van der Waals surface area contributed by atoms with Crippen LogP contribution in [0.5, 0.6) is 0 Å². The minimum Gasteiger partial charge on any atom is -0.207 e. The van der Waals surface area contributed by atoms with Gasteiger partial charge in [0.1, 0.15) is 11.6 Å². The lowest BCUT2D eigenvalue weighted by molar-refractivity contribution is 0.627. The first-order valence-corrected chi connectivity index (χ1v) is 19.6. The first kappa shape index (κ1) is 41.5. The molecule has 0 saturated heterocycles. The van der Waals surface area contributed by atoms with Gasteiger partial charge in [-0.2, -0.15) is 0 Å². The van der Waals surface area contributed by atoms with E-state index in [9.17, 15) is 8.78 Å². The zero-order chi connectivity index (χ0) is 36.7. The van der Waals surface area contributed by atoms with Crippen molar-refractivity contribution in [3.05, 3.63) is 132 Å². The molecule has 0 amide bonds. The van der Waals surface area contributed by atoms with Crippen molar-refractivity contribution in [1.29, 1.82) is 0 Å². The van der Waals surface area contributed by atoms with Crippen LogP contribution in [0.4, 0.5) is 8.78 Å². The normalized spacial score (nSPS) is 10.7. The first-order chi connectivity index (χ1) is 25.5. The van der Waals surface area contributed by atoms with Crippen LogP contribution in [0.3, 0.4) is 0 Å². The number of rotatable bonds is 13. The molecule has 0 aromatic heterocycles. The van der Waals surface area contributed by atoms with Gasteiger partial charge in [-0.1, -0.05) is 158 Å². The standard InChI is InChI=1S/C43H38F2.C7H16.BrH/c1-3-5-6-7-8-9-19-39-41(31-22-26-35(45)27-23-31)29-33-16-11-13-18-37(33)43(39)42-36-17-12-10-15-32(36)28-40(38(42)14-4-2)30-20-24-34(44)25-21-30;1-3-5-7-6-4-2;/h10-13,15-18,20-29H,3-7,14,19H2,1-2H3;3-7H2,1-2H3;1H. The average Bonchev–Trinajstić information content (AvgIpc) is 3.17. The Balaban J connectivity index is 0.000000715. The Bertz CT molecular complexity index is 2100. The predicted octanol–water partition coefficient (Wildman–Crippen LogP) is 15.9. The molecule has 0 aliphatic heterocycles. The van der Waals surface area contributed by atoms with Gasteiger partial charge in [0.05, 0.1) is 0 Å². The van der Waals surface area contributed by atoms with Crippen molar-refractivity contribution >= 4 is 38.5 Å². The maximum Gasteiger partial charge on any atom is 0.123 e. The lowest BCUT2D eigenvalue weighted by Crippen LogP contribution is -2.02. The number of hydrogen-bond acceptors (Lipinski definition) is 0. The van der Waals surface area contributed by atoms with E-state index in [0.29, 0.717) is 6.42 Å². The van der Waals surface area contributed by atoms with Crippen LogP contribution in [0, 0.1) is 23.5 Å². The fourth-order valence-corrected chi connectivity index (χ4v) is 7.20. The van der Waals surface area contributed by atoms with Crippen LogP contribution in [-0.2, 0) is 12.8 Å². The second-order valence-electron chi connectivity index (χ2n) is 13.8. The van der Waals surface area contributed by atoms with Gasteiger partial charge in [0, 0.05) is 12.8 Å². The fourth-order valence-electron chi connectivity index (χ4n) is 7.20. The molecule has 3 heteroatoms. The summed E-state index contributed by atoms with van der Waals surface area (Å²) in [7, 11) is 0. The Kier molecular flexibility index (Phi) is 16.8. The maximum absolute atomic E-state index is 14.1. The van der Waals surface area contributed by atoms with E-state index in [0.717, 1.165) is 64.3 Å². The highest BCUT2D eigenvalue weighted by atomic mass is 79.9. The van der Waals surface area contributed by atoms with Crippen molar-refractivity contribution in [1.82, 2.24) is 0 Å². The Morgan fingerprint density at radius 2 is 0.925 bits per heavy atom. The van der Waals surface area contributed by atoms with E-state index in [2.05, 4.69) is 100 Å². The molecule has 0 atom stereocenters. The van der Waals surface area contributed by atoms with Gasteiger partial charge in [0.15, 0.2) is 0 Å². The first-order valence-electron chi connectivity index (χ1n) is 19.6. The van der Waals surface area contributed by atoms with Gasteiger partial charge in [-0.25, -0.2) is 8.78 Å². The topological polar surface area (TPSA) is 0 Å². The molecular weight excluding hydrogens is 718 g/mol. The highest BCUT2D eigenvalue weighted by Crippen LogP contribution is 2.46. The number of halogens is 3. The molecule has 0 radical (unpaired) electrons. The molecule has 0 N–H and O–H groups in total. The average molecular weight is 774 g/mol. The molecule has 0 unspecified atom stereocenters. The van der Waals surface area contributed by atoms with E-state index in [1.165, 1.54) is 84.5 Å². The summed E-state index contributed by atoms with van der Waals surface area (Å²) in [5.41, 5.74) is 8.97. The number of benzene rings is 6. The summed E-state index contributed by atoms with van der Waals surface area (Å²) in [4.78, 5) is 0. The van der Waals surface area contributed by atoms with Crippen molar-refractivity contribution in [3.8, 4) is 45.2 Å². The molecule has 0 nitrogen and oxygen atoms in total. The number of fused-ring (bicyclic) bond motifs is 2. The quantitative estimate of drug-likeness (QED) is 0.0810. The van der Waals surface area contributed by atoms with Gasteiger partial charge < -0.3 is 0 Å². The molecule has 0 saturated carbocycles. The summed E-state index contributed by atoms with van der Waals surface area (Å²) in [6.45, 7) is 8.91. The summed E-state index contributed by atoms with van der Waals surface area (Å²) < 4.78 is 28.2. The van der Waals surface area contributed by atoms with E-state index in [4.69, 9.17) is 0 Å². The van der Waals surface area contributed by atoms with Crippen LogP contribution < -0.4 is 0 Å². The van der Waals surface area contributed by atoms with Crippen LogP contribution in [0.25, 0.3) is 54.9 Å². The van der Waals surface area contributed by atoms with Crippen molar-refractivity contribution < 1.29 is 8.78 Å². The summed E-state index contributed by atoms with van der Waals surface area (Å²) in [5, 5.41) is 4.63. The Morgan fingerprint density at radius 1 is 0.472 bits per heavy atom. The van der Waals surface area contributed by atoms with Crippen LogP contribution in [0.2, 0.25) is 0 Å². The van der Waals surface area contributed by atoms with Crippen LogP contribution in [0.1, 0.15) is 103 Å². The van der Waals surface area contributed by atoms with Crippen molar-refractivity contribution in [2.24, 2.45) is 0 Å². The van der Waals surface area contributed by atoms with Gasteiger partial charge in [-0.05, 0) is 115 Å². The van der Waals surface area contributed by atoms with Crippen molar-refractivity contribution in [2.75, 3.05) is 0 Å². The zero-order valence-electron chi connectivity index (χ0n) is 32.0. The van der Waals surface area contributed by atoms with Crippen molar-refractivity contribution in [2.45, 2.75) is 105 Å². The third-order valence-electron chi connectivity index (χ3n) is 9.88. The molecule has 0 fully saturated rings. The van der Waals surface area contributed by atoms with E-state index < -0.39 is 0 Å². The summed E-state index contributed by atoms with van der Waals surface area (Å²) in [6, 6.07) is 35.3. The smallest absolute Gasteiger partial charge is 0.123 e. The monoisotopic (exact) mass is 772 g/mol. The lowest BCUT2D eigenvalue weighted by Gasteiger charge is -2.24. The third-order valence-corrected chi connectivity index (χ3v) is 9.88. The minimum absolute atomic E-state index is 0. The minimum atomic E-state index is -0.250. The lowest BCUT2D eigenvalue weighted by atomic mass is 9.79. The van der Waals surface area contributed by atoms with Gasteiger partial charge in [0.2, 0.25) is 0 Å². The van der Waals surface area contributed by atoms with Crippen molar-refractivity contribution in [3.63, 3.8) is 0 Å². The second kappa shape index (κ2) is 21.4. The van der Waals surface area contributed by atoms with E-state index in [1.54, 1.807) is 12.1 Å². The van der Waals surface area contributed by atoms with Gasteiger partial charge in [0.25, 0.3) is 0 Å². The maximum atomic E-state index is 14.1. The van der Waals surface area contributed by atoms with E-state index in [1.807, 2.05) is 24.3 Å². The SMILES string of the molecule is Br.CCCCCC#CCc1c(-c2ccc(F)cc2)cc2ccccc2c1-c1c(CCC)c(-c2ccc(F)cc2)cc2ccccc12.CCCCCCC. The third kappa shape index (κ3) is 10.7. The van der Waals surface area contributed by atoms with Gasteiger partial charge in [-0.3, -0.25) is 0 Å². The molecule has 0 aliphatic carbocycles. The van der Waals surface area contributed by atoms with E-state index in [-0.39, 0.29) is 28.6 Å². The number of unbranched alkanes of at least 4 members (excludes halogenated alkanes) is 7. The zero-order valence-corrected chi connectivity index (χ0v) is 33.8. The molecule has 6 aromatic carbocycles. The molecule has 53 heavy (non-hydrogen) atoms. The molecule has 0 aliphatic rings. The molecule has 0 bridgehead atoms. The highest BCUT2D eigenvalue weighted by molar-refractivity contribution is 8.93. The Hall–Kier alpha value is -4.26. The Morgan fingerprint density at radius 3 is 1.42 bits per heavy atom. The van der Waals surface area contributed by atoms with Crippen LogP contribution >= 0.6 is 17.0 Å². The van der Waals surface area contributed by atoms with E-state index >= 15 is 0 Å². The largest absolute Gasteiger partial charge is 0.207 e. The van der Waals surface area contributed by atoms with Crippen LogP contribution in [-0.4, -0.2) is 0 Å². The molecule has 276 valence electrons.